The molecule has 0 spiro atoms. The Bertz CT molecular complexity index is 845. The van der Waals surface area contributed by atoms with Gasteiger partial charge >= 0.3 is 5.97 Å². The number of rotatable bonds is 10. The molecule has 0 amide bonds. The summed E-state index contributed by atoms with van der Waals surface area (Å²) in [4.78, 5) is 14.3. The topological polar surface area (TPSA) is 66.6 Å². The molecule has 2 aromatic carbocycles. The zero-order valence-electron chi connectivity index (χ0n) is 17.4. The van der Waals surface area contributed by atoms with Crippen LogP contribution in [0.15, 0.2) is 48.5 Å². The van der Waals surface area contributed by atoms with Gasteiger partial charge in [-0.05, 0) is 54.5 Å². The molecule has 0 aromatic heterocycles. The zero-order valence-corrected chi connectivity index (χ0v) is 18.2. The van der Waals surface area contributed by atoms with Crippen LogP contribution in [-0.4, -0.2) is 35.4 Å². The first-order valence-electron chi connectivity index (χ1n) is 10.7. The molecule has 4 nitrogen and oxygen atoms in total. The van der Waals surface area contributed by atoms with E-state index < -0.39 is 11.5 Å². The summed E-state index contributed by atoms with van der Waals surface area (Å²) >= 11 is 6.04. The number of fused-ring (bicyclic) bond motifs is 1. The van der Waals surface area contributed by atoms with Crippen LogP contribution in [0, 0.1) is 0 Å². The zero-order chi connectivity index (χ0) is 21.6. The Balaban J connectivity index is 1.74. The highest BCUT2D eigenvalue weighted by Gasteiger charge is 2.35. The Hall–Kier alpha value is -1.82. The largest absolute Gasteiger partial charge is 0.480 e. The molecule has 0 saturated carbocycles. The minimum Gasteiger partial charge on any atom is -0.480 e. The Kier molecular flexibility index (Phi) is 7.98. The number of carbonyl (C=O) groups is 1. The van der Waals surface area contributed by atoms with Gasteiger partial charge in [0.25, 0.3) is 0 Å². The number of hydrogen-bond acceptors (Lipinski definition) is 3. The van der Waals surface area contributed by atoms with E-state index in [4.69, 9.17) is 25.2 Å². The molecule has 1 heterocycles. The van der Waals surface area contributed by atoms with Crippen molar-refractivity contribution in [2.45, 2.75) is 69.5 Å². The van der Waals surface area contributed by atoms with Crippen LogP contribution >= 0.6 is 11.6 Å². The van der Waals surface area contributed by atoms with Crippen molar-refractivity contribution in [3.63, 3.8) is 0 Å². The Labute approximate surface area is 185 Å². The van der Waals surface area contributed by atoms with Crippen molar-refractivity contribution in [2.24, 2.45) is 5.73 Å². The molecule has 1 aliphatic heterocycles. The summed E-state index contributed by atoms with van der Waals surface area (Å²) in [5.74, 6) is -0.917. The monoisotopic (exact) mass is 424 g/mol. The number of benzene rings is 2. The van der Waals surface area contributed by atoms with Gasteiger partial charge in [-0.2, -0.15) is 0 Å². The summed E-state index contributed by atoms with van der Waals surface area (Å²) in [5, 5.41) is 10.5. The molecule has 0 bridgehead atoms. The lowest BCUT2D eigenvalue weighted by Gasteiger charge is -2.38. The van der Waals surface area contributed by atoms with Gasteiger partial charge in [0.15, 0.2) is 0 Å². The van der Waals surface area contributed by atoms with Crippen molar-refractivity contribution < 1.29 is 9.90 Å². The summed E-state index contributed by atoms with van der Waals surface area (Å²) in [5.41, 5.74) is 9.02. The molecule has 2 unspecified atom stereocenters. The maximum absolute atomic E-state index is 11.9. The highest BCUT2D eigenvalue weighted by atomic mass is 35.5. The van der Waals surface area contributed by atoms with E-state index in [1.807, 2.05) is 12.1 Å². The molecule has 2 aromatic rings. The number of halogens is 1. The number of carboxylic acids is 1. The van der Waals surface area contributed by atoms with Crippen molar-refractivity contribution in [3.8, 4) is 0 Å². The first kappa shape index (κ1) is 22.9. The number of nitrogens with zero attached hydrogens (tertiary/aromatic N) is 1. The van der Waals surface area contributed by atoms with Gasteiger partial charge in [0, 0.05) is 24.2 Å². The lowest BCUT2D eigenvalue weighted by Crippen LogP contribution is -2.50. The number of unbranched alkanes of at least 4 members (excludes halogenated alkanes) is 1. The standard InChI is InChI=1S/C24H30BClN2O2/c25-14-4-3-12-24(27,23(29)30)13-11-22-15-19-5-1-2-6-20(19)17-28(22)16-18-7-9-21(26)10-8-18/h1-2,5-10,22H,3-4,11-17,27H2,(H,29,30). The van der Waals surface area contributed by atoms with Crippen molar-refractivity contribution in [1.82, 2.24) is 4.90 Å². The molecular formula is C24H30BClN2O2. The average Bonchev–Trinajstić information content (AvgIpc) is 2.74. The quantitative estimate of drug-likeness (QED) is 0.432. The molecule has 1 aliphatic rings. The molecule has 3 N–H and O–H groups in total. The molecule has 30 heavy (non-hydrogen) atoms. The molecule has 0 saturated heterocycles. The second kappa shape index (κ2) is 10.5. The van der Waals surface area contributed by atoms with Crippen molar-refractivity contribution in [2.75, 3.05) is 0 Å². The minimum absolute atomic E-state index is 0.243. The maximum atomic E-state index is 11.9. The van der Waals surface area contributed by atoms with Crippen LogP contribution in [0.4, 0.5) is 0 Å². The predicted octanol–water partition coefficient (Wildman–Crippen LogP) is 4.59. The second-order valence-corrected chi connectivity index (χ2v) is 8.84. The van der Waals surface area contributed by atoms with Crippen molar-refractivity contribution in [3.05, 3.63) is 70.2 Å². The predicted molar refractivity (Wildman–Crippen MR) is 123 cm³/mol. The van der Waals surface area contributed by atoms with Gasteiger partial charge in [-0.1, -0.05) is 67.2 Å². The summed E-state index contributed by atoms with van der Waals surface area (Å²) in [6, 6.07) is 16.7. The maximum Gasteiger partial charge on any atom is 0.323 e. The van der Waals surface area contributed by atoms with Gasteiger partial charge in [-0.3, -0.25) is 9.69 Å². The van der Waals surface area contributed by atoms with E-state index in [1.165, 1.54) is 16.7 Å². The van der Waals surface area contributed by atoms with Crippen LogP contribution < -0.4 is 5.73 Å². The van der Waals surface area contributed by atoms with E-state index in [2.05, 4.69) is 41.3 Å². The fourth-order valence-corrected chi connectivity index (χ4v) is 4.41. The third-order valence-electron chi connectivity index (χ3n) is 6.19. The minimum atomic E-state index is -1.20. The normalized spacial score (nSPS) is 18.5. The van der Waals surface area contributed by atoms with Gasteiger partial charge in [-0.15, -0.1) is 0 Å². The SMILES string of the molecule is [B]CCCCC(N)(CCC1Cc2ccccc2CN1Cc1ccc(Cl)cc1)C(=O)O. The number of aliphatic carboxylic acids is 1. The lowest BCUT2D eigenvalue weighted by molar-refractivity contribution is -0.144. The van der Waals surface area contributed by atoms with Gasteiger partial charge < -0.3 is 10.8 Å². The molecule has 3 rings (SSSR count). The van der Waals surface area contributed by atoms with Crippen LogP contribution in [0.2, 0.25) is 11.3 Å². The van der Waals surface area contributed by atoms with Crippen LogP contribution in [0.1, 0.15) is 48.8 Å². The van der Waals surface area contributed by atoms with Crippen molar-refractivity contribution >= 4 is 25.4 Å². The lowest BCUT2D eigenvalue weighted by atomic mass is 9.83. The smallest absolute Gasteiger partial charge is 0.323 e. The van der Waals surface area contributed by atoms with Gasteiger partial charge in [0.2, 0.25) is 0 Å². The average molecular weight is 425 g/mol. The molecule has 0 aliphatic carbocycles. The highest BCUT2D eigenvalue weighted by Crippen LogP contribution is 2.30. The molecule has 158 valence electrons. The Morgan fingerprint density at radius 2 is 1.83 bits per heavy atom. The summed E-state index contributed by atoms with van der Waals surface area (Å²) in [7, 11) is 5.57. The number of nitrogens with two attached hydrogens (primary N) is 1. The Morgan fingerprint density at radius 1 is 1.13 bits per heavy atom. The molecular weight excluding hydrogens is 395 g/mol. The van der Waals surface area contributed by atoms with Gasteiger partial charge in [0.1, 0.15) is 5.54 Å². The summed E-state index contributed by atoms with van der Waals surface area (Å²) < 4.78 is 0. The third kappa shape index (κ3) is 5.87. The summed E-state index contributed by atoms with van der Waals surface area (Å²) in [6.45, 7) is 1.65. The summed E-state index contributed by atoms with van der Waals surface area (Å²) in [6.07, 6.45) is 4.66. The van der Waals surface area contributed by atoms with Crippen LogP contribution in [0.25, 0.3) is 0 Å². The first-order valence-corrected chi connectivity index (χ1v) is 11.1. The molecule has 2 radical (unpaired) electrons. The van der Waals surface area contributed by atoms with Crippen molar-refractivity contribution in [1.29, 1.82) is 0 Å². The van der Waals surface area contributed by atoms with E-state index in [-0.39, 0.29) is 6.04 Å². The fourth-order valence-electron chi connectivity index (χ4n) is 4.28. The van der Waals surface area contributed by atoms with Crippen LogP contribution in [0.3, 0.4) is 0 Å². The third-order valence-corrected chi connectivity index (χ3v) is 6.44. The Morgan fingerprint density at radius 3 is 2.50 bits per heavy atom. The van der Waals surface area contributed by atoms with E-state index in [0.29, 0.717) is 19.2 Å². The molecule has 0 fully saturated rings. The van der Waals surface area contributed by atoms with Crippen LogP contribution in [-0.2, 0) is 24.3 Å². The van der Waals surface area contributed by atoms with Gasteiger partial charge in [0.05, 0.1) is 7.85 Å². The molecule has 2 atom stereocenters. The molecule has 6 heteroatoms. The van der Waals surface area contributed by atoms with Crippen LogP contribution in [0.5, 0.6) is 0 Å². The second-order valence-electron chi connectivity index (χ2n) is 8.40. The van der Waals surface area contributed by atoms with E-state index in [1.54, 1.807) is 0 Å². The van der Waals surface area contributed by atoms with E-state index in [0.717, 1.165) is 43.8 Å². The fraction of sp³-hybridized carbons (Fsp3) is 0.458. The van der Waals surface area contributed by atoms with Gasteiger partial charge in [-0.25, -0.2) is 0 Å². The number of carboxylic acid groups (broad SMARTS) is 1. The highest BCUT2D eigenvalue weighted by molar-refractivity contribution is 6.30. The number of hydrogen-bond donors (Lipinski definition) is 2. The first-order chi connectivity index (χ1) is 14.4. The van der Waals surface area contributed by atoms with E-state index >= 15 is 0 Å². The van der Waals surface area contributed by atoms with E-state index in [9.17, 15) is 9.90 Å².